The zero-order valence-corrected chi connectivity index (χ0v) is 14.7. The van der Waals surface area contributed by atoms with Crippen LogP contribution >= 0.6 is 0 Å². The molecule has 0 aliphatic carbocycles. The molecule has 142 valence electrons. The second-order valence-corrected chi connectivity index (χ2v) is 6.07. The van der Waals surface area contributed by atoms with Crippen LogP contribution in [0.4, 0.5) is 0 Å². The van der Waals surface area contributed by atoms with Gasteiger partial charge in [0.25, 0.3) is 0 Å². The number of nitrogens with one attached hydrogen (secondary N) is 4. The van der Waals surface area contributed by atoms with Crippen molar-refractivity contribution in [3.63, 3.8) is 0 Å². The van der Waals surface area contributed by atoms with E-state index >= 15 is 0 Å². The predicted molar refractivity (Wildman–Crippen MR) is 99.3 cm³/mol. The molecule has 6 N–H and O–H groups in total. The van der Waals surface area contributed by atoms with Crippen molar-refractivity contribution in [3.8, 4) is 5.75 Å². The third-order valence-electron chi connectivity index (χ3n) is 4.05. The van der Waals surface area contributed by atoms with Crippen molar-refractivity contribution in [2.24, 2.45) is 9.98 Å². The lowest BCUT2D eigenvalue weighted by atomic mass is 10.1. The molecular formula is C17H26N6O3. The van der Waals surface area contributed by atoms with Gasteiger partial charge in [0.05, 0.1) is 19.7 Å². The summed E-state index contributed by atoms with van der Waals surface area (Å²) in [6.07, 6.45) is -0.918. The van der Waals surface area contributed by atoms with Crippen LogP contribution in [0.2, 0.25) is 0 Å². The van der Waals surface area contributed by atoms with E-state index < -0.39 is 6.10 Å². The number of aliphatic hydroxyl groups excluding tert-OH is 2. The van der Waals surface area contributed by atoms with E-state index in [4.69, 9.17) is 9.84 Å². The standard InChI is InChI=1S/C17H26N6O3/c24-10-14(25)11-26-15-12(8-22-16-18-4-5-19-16)2-1-3-13(15)9-23-17-20-6-7-21-17/h1-3,14,24-25H,4-11H2,(H2,18,19,22)(H2,20,21,23). The van der Waals surface area contributed by atoms with Gasteiger partial charge >= 0.3 is 0 Å². The van der Waals surface area contributed by atoms with Crippen molar-refractivity contribution < 1.29 is 14.9 Å². The number of ether oxygens (including phenoxy) is 1. The van der Waals surface area contributed by atoms with Gasteiger partial charge < -0.3 is 36.2 Å². The summed E-state index contributed by atoms with van der Waals surface area (Å²) in [5, 5.41) is 31.5. The second kappa shape index (κ2) is 9.25. The number of aliphatic imine (C=N–C) groups is 2. The Labute approximate surface area is 152 Å². The Kier molecular flexibility index (Phi) is 6.50. The van der Waals surface area contributed by atoms with Crippen LogP contribution in [0.25, 0.3) is 0 Å². The highest BCUT2D eigenvalue weighted by atomic mass is 16.5. The van der Waals surface area contributed by atoms with Crippen molar-refractivity contribution in [1.29, 1.82) is 0 Å². The molecule has 1 unspecified atom stereocenters. The first-order valence-electron chi connectivity index (χ1n) is 8.83. The summed E-state index contributed by atoms with van der Waals surface area (Å²) in [4.78, 5) is 8.65. The molecule has 2 aliphatic heterocycles. The summed E-state index contributed by atoms with van der Waals surface area (Å²) in [6, 6.07) is 5.91. The van der Waals surface area contributed by atoms with Crippen molar-refractivity contribution in [1.82, 2.24) is 21.3 Å². The van der Waals surface area contributed by atoms with Crippen LogP contribution in [-0.2, 0) is 13.1 Å². The second-order valence-electron chi connectivity index (χ2n) is 6.07. The smallest absolute Gasteiger partial charge is 0.191 e. The first kappa shape index (κ1) is 18.3. The van der Waals surface area contributed by atoms with Crippen molar-refractivity contribution in [3.05, 3.63) is 29.3 Å². The lowest BCUT2D eigenvalue weighted by molar-refractivity contribution is 0.0529. The molecule has 0 spiro atoms. The zero-order chi connectivity index (χ0) is 18.2. The molecule has 2 aliphatic rings. The van der Waals surface area contributed by atoms with Gasteiger partial charge in [-0.25, -0.2) is 0 Å². The molecule has 9 heteroatoms. The van der Waals surface area contributed by atoms with Gasteiger partial charge in [0, 0.05) is 37.3 Å². The van der Waals surface area contributed by atoms with Gasteiger partial charge in [-0.05, 0) is 0 Å². The molecule has 0 radical (unpaired) electrons. The number of aliphatic hydroxyl groups is 2. The molecule has 0 fully saturated rings. The summed E-state index contributed by atoms with van der Waals surface area (Å²) < 4.78 is 5.84. The molecule has 0 saturated heterocycles. The molecule has 2 heterocycles. The Balaban J connectivity index is 1.70. The fraction of sp³-hybridized carbons (Fsp3) is 0.529. The van der Waals surface area contributed by atoms with E-state index in [0.29, 0.717) is 18.8 Å². The van der Waals surface area contributed by atoms with Crippen molar-refractivity contribution in [2.75, 3.05) is 39.4 Å². The minimum absolute atomic E-state index is 0.0267. The highest BCUT2D eigenvalue weighted by molar-refractivity contribution is 5.81. The summed E-state index contributed by atoms with van der Waals surface area (Å²) in [7, 11) is 0. The molecule has 9 nitrogen and oxygen atoms in total. The van der Waals surface area contributed by atoms with E-state index in [-0.39, 0.29) is 13.2 Å². The highest BCUT2D eigenvalue weighted by Crippen LogP contribution is 2.24. The quantitative estimate of drug-likeness (QED) is 0.333. The molecule has 0 aromatic heterocycles. The number of rotatable bonds is 8. The van der Waals surface area contributed by atoms with E-state index in [1.807, 2.05) is 18.2 Å². The monoisotopic (exact) mass is 362 g/mol. The molecule has 1 aromatic rings. The number of para-hydroxylation sites is 1. The molecule has 0 saturated carbocycles. The van der Waals surface area contributed by atoms with Gasteiger partial charge in [-0.15, -0.1) is 0 Å². The number of benzene rings is 1. The van der Waals surface area contributed by atoms with Crippen molar-refractivity contribution in [2.45, 2.75) is 19.2 Å². The van der Waals surface area contributed by atoms with E-state index in [0.717, 1.165) is 49.2 Å². The Morgan fingerprint density at radius 2 is 1.62 bits per heavy atom. The lowest BCUT2D eigenvalue weighted by Crippen LogP contribution is -2.34. The van der Waals surface area contributed by atoms with Gasteiger partial charge in [-0.3, -0.25) is 9.98 Å². The maximum atomic E-state index is 9.64. The third-order valence-corrected chi connectivity index (χ3v) is 4.05. The fourth-order valence-corrected chi connectivity index (χ4v) is 2.72. The van der Waals surface area contributed by atoms with Gasteiger partial charge in [-0.1, -0.05) is 18.2 Å². The molecule has 1 atom stereocenters. The average Bonchev–Trinajstić information content (AvgIpc) is 3.36. The SMILES string of the molecule is OCC(O)COc1c(CNC2=NCCN2)cccc1CNC1=NCCN1. The Bertz CT molecular complexity index is 618. The van der Waals surface area contributed by atoms with Crippen LogP contribution in [-0.4, -0.2) is 67.6 Å². The van der Waals surface area contributed by atoms with Crippen molar-refractivity contribution >= 4 is 11.9 Å². The largest absolute Gasteiger partial charge is 0.490 e. The minimum Gasteiger partial charge on any atom is -0.490 e. The first-order chi connectivity index (χ1) is 12.8. The normalized spacial score (nSPS) is 17.0. The van der Waals surface area contributed by atoms with E-state index in [2.05, 4.69) is 31.3 Å². The Hall–Kier alpha value is -2.52. The molecule has 0 amide bonds. The Morgan fingerprint density at radius 1 is 1.04 bits per heavy atom. The minimum atomic E-state index is -0.918. The lowest BCUT2D eigenvalue weighted by Gasteiger charge is -2.19. The number of hydrogen-bond donors (Lipinski definition) is 6. The van der Waals surface area contributed by atoms with Gasteiger partial charge in [0.15, 0.2) is 11.9 Å². The molecule has 1 aromatic carbocycles. The molecule has 26 heavy (non-hydrogen) atoms. The van der Waals surface area contributed by atoms with Crippen LogP contribution < -0.4 is 26.0 Å². The third kappa shape index (κ3) is 4.99. The zero-order valence-electron chi connectivity index (χ0n) is 14.7. The topological polar surface area (TPSA) is 123 Å². The van der Waals surface area contributed by atoms with Crippen LogP contribution in [0, 0.1) is 0 Å². The molecule has 0 bridgehead atoms. The van der Waals surface area contributed by atoms with Gasteiger partial charge in [0.1, 0.15) is 18.5 Å². The van der Waals surface area contributed by atoms with E-state index in [1.165, 1.54) is 0 Å². The van der Waals surface area contributed by atoms with Crippen LogP contribution in [0.1, 0.15) is 11.1 Å². The van der Waals surface area contributed by atoms with Gasteiger partial charge in [-0.2, -0.15) is 0 Å². The van der Waals surface area contributed by atoms with E-state index in [9.17, 15) is 5.11 Å². The predicted octanol–water partition coefficient (Wildman–Crippen LogP) is -1.48. The first-order valence-corrected chi connectivity index (χ1v) is 8.83. The maximum Gasteiger partial charge on any atom is 0.191 e. The summed E-state index contributed by atoms with van der Waals surface area (Å²) >= 11 is 0. The number of guanidine groups is 2. The van der Waals surface area contributed by atoms with Crippen LogP contribution in [0.5, 0.6) is 5.75 Å². The summed E-state index contributed by atoms with van der Waals surface area (Å²) in [6.45, 7) is 4.00. The average molecular weight is 362 g/mol. The van der Waals surface area contributed by atoms with Gasteiger partial charge in [0.2, 0.25) is 0 Å². The number of nitrogens with zero attached hydrogens (tertiary/aromatic N) is 2. The Morgan fingerprint density at radius 3 is 2.08 bits per heavy atom. The fourth-order valence-electron chi connectivity index (χ4n) is 2.72. The summed E-state index contributed by atoms with van der Waals surface area (Å²) in [5.74, 6) is 2.25. The van der Waals surface area contributed by atoms with E-state index in [1.54, 1.807) is 0 Å². The molecular weight excluding hydrogens is 336 g/mol. The number of hydrogen-bond acceptors (Lipinski definition) is 9. The molecule has 3 rings (SSSR count). The summed E-state index contributed by atoms with van der Waals surface area (Å²) in [5.41, 5.74) is 1.90. The van der Waals surface area contributed by atoms with Crippen LogP contribution in [0.15, 0.2) is 28.2 Å². The van der Waals surface area contributed by atoms with Crippen LogP contribution in [0.3, 0.4) is 0 Å². The highest BCUT2D eigenvalue weighted by Gasteiger charge is 2.14. The maximum absolute atomic E-state index is 9.64.